The number of hydrogen-bond acceptors (Lipinski definition) is 4. The highest BCUT2D eigenvalue weighted by atomic mass is 79.9. The van der Waals surface area contributed by atoms with Gasteiger partial charge in [-0.25, -0.2) is 0 Å². The van der Waals surface area contributed by atoms with Crippen molar-refractivity contribution in [3.8, 4) is 5.88 Å². The van der Waals surface area contributed by atoms with E-state index in [9.17, 15) is 13.5 Å². The van der Waals surface area contributed by atoms with E-state index >= 15 is 0 Å². The van der Waals surface area contributed by atoms with E-state index in [1.54, 1.807) is 28.8 Å². The Hall–Kier alpha value is -2.97. The number of sulfonamides is 1. The van der Waals surface area contributed by atoms with Crippen LogP contribution in [-0.4, -0.2) is 18.1 Å². The minimum Gasteiger partial charge on any atom is -0.493 e. The van der Waals surface area contributed by atoms with E-state index in [1.807, 2.05) is 42.5 Å². The van der Waals surface area contributed by atoms with Crippen LogP contribution in [0.5, 0.6) is 5.88 Å². The van der Waals surface area contributed by atoms with Crippen LogP contribution in [0.4, 0.5) is 5.69 Å². The van der Waals surface area contributed by atoms with Gasteiger partial charge in [0.25, 0.3) is 10.0 Å². The molecule has 6 nitrogen and oxygen atoms in total. The van der Waals surface area contributed by atoms with Crippen LogP contribution in [0.3, 0.4) is 0 Å². The van der Waals surface area contributed by atoms with Crippen molar-refractivity contribution < 1.29 is 13.5 Å². The summed E-state index contributed by atoms with van der Waals surface area (Å²) in [6.07, 6.45) is 0. The van der Waals surface area contributed by atoms with Crippen LogP contribution in [0.2, 0.25) is 0 Å². The summed E-state index contributed by atoms with van der Waals surface area (Å²) in [6, 6.07) is 23.1. The van der Waals surface area contributed by atoms with Crippen molar-refractivity contribution >= 4 is 42.5 Å². The second-order valence-corrected chi connectivity index (χ2v) is 8.87. The highest BCUT2D eigenvalue weighted by molar-refractivity contribution is 9.10. The third kappa shape index (κ3) is 3.94. The minimum atomic E-state index is -3.99. The van der Waals surface area contributed by atoms with Crippen LogP contribution < -0.4 is 0 Å². The van der Waals surface area contributed by atoms with E-state index in [1.165, 1.54) is 12.1 Å². The summed E-state index contributed by atoms with van der Waals surface area (Å²) in [6.45, 7) is 0.419. The molecule has 0 aliphatic carbocycles. The van der Waals surface area contributed by atoms with Crippen molar-refractivity contribution in [1.29, 1.82) is 0 Å². The van der Waals surface area contributed by atoms with Crippen LogP contribution in [0.25, 0.3) is 10.9 Å². The van der Waals surface area contributed by atoms with Gasteiger partial charge in [0, 0.05) is 9.86 Å². The SMILES string of the molecule is O=S(=O)(N=Nc1c(O)n(Cc2ccccc2)c2ccccc12)c1ccc(Br)cc1. The first-order chi connectivity index (χ1) is 14.0. The lowest BCUT2D eigenvalue weighted by Gasteiger charge is -2.06. The molecule has 3 aromatic carbocycles. The molecule has 8 heteroatoms. The maximum absolute atomic E-state index is 12.5. The molecular weight excluding hydrogens is 454 g/mol. The molecule has 0 bridgehead atoms. The molecule has 4 rings (SSSR count). The average Bonchev–Trinajstić information content (AvgIpc) is 2.99. The number of aromatic nitrogens is 1. The summed E-state index contributed by atoms with van der Waals surface area (Å²) in [5.74, 6) is -0.134. The number of benzene rings is 3. The van der Waals surface area contributed by atoms with Crippen LogP contribution in [-0.2, 0) is 16.6 Å². The van der Waals surface area contributed by atoms with E-state index in [2.05, 4.69) is 25.6 Å². The molecule has 29 heavy (non-hydrogen) atoms. The zero-order valence-corrected chi connectivity index (χ0v) is 17.5. The topological polar surface area (TPSA) is 84.0 Å². The van der Waals surface area contributed by atoms with E-state index in [0.29, 0.717) is 11.9 Å². The van der Waals surface area contributed by atoms with E-state index < -0.39 is 10.0 Å². The molecule has 0 spiro atoms. The molecular formula is C21H16BrN3O3S. The van der Waals surface area contributed by atoms with Crippen molar-refractivity contribution in [1.82, 2.24) is 4.57 Å². The van der Waals surface area contributed by atoms with Gasteiger partial charge < -0.3 is 9.67 Å². The molecule has 0 atom stereocenters. The molecule has 0 radical (unpaired) electrons. The molecule has 4 aromatic rings. The molecule has 0 fully saturated rings. The predicted octanol–water partition coefficient (Wildman–Crippen LogP) is 5.63. The Labute approximate surface area is 176 Å². The van der Waals surface area contributed by atoms with Crippen molar-refractivity contribution in [2.24, 2.45) is 9.63 Å². The summed E-state index contributed by atoms with van der Waals surface area (Å²) in [5.41, 5.74) is 1.86. The zero-order valence-electron chi connectivity index (χ0n) is 15.1. The Bertz CT molecular complexity index is 1300. The average molecular weight is 470 g/mol. The maximum atomic E-state index is 12.5. The lowest BCUT2D eigenvalue weighted by atomic mass is 10.2. The molecule has 1 heterocycles. The van der Waals surface area contributed by atoms with Crippen LogP contribution >= 0.6 is 15.9 Å². The lowest BCUT2D eigenvalue weighted by molar-refractivity contribution is 0.429. The van der Waals surface area contributed by atoms with Gasteiger partial charge in [0.1, 0.15) is 0 Å². The number of hydrogen-bond donors (Lipinski definition) is 1. The van der Waals surface area contributed by atoms with Crippen LogP contribution in [0, 0.1) is 0 Å². The monoisotopic (exact) mass is 469 g/mol. The third-order valence-corrected chi connectivity index (χ3v) is 6.15. The Morgan fingerprint density at radius 2 is 1.55 bits per heavy atom. The maximum Gasteiger partial charge on any atom is 0.299 e. The second-order valence-electron chi connectivity index (χ2n) is 6.37. The highest BCUT2D eigenvalue weighted by Crippen LogP contribution is 2.39. The predicted molar refractivity (Wildman–Crippen MR) is 115 cm³/mol. The van der Waals surface area contributed by atoms with Gasteiger partial charge in [-0.15, -0.1) is 5.11 Å². The van der Waals surface area contributed by atoms with Crippen LogP contribution in [0.15, 0.2) is 97.9 Å². The van der Waals surface area contributed by atoms with Gasteiger partial charge in [0.15, 0.2) is 5.69 Å². The van der Waals surface area contributed by atoms with Gasteiger partial charge in [-0.3, -0.25) is 0 Å². The Morgan fingerprint density at radius 1 is 0.897 bits per heavy atom. The van der Waals surface area contributed by atoms with Crippen molar-refractivity contribution in [3.05, 3.63) is 88.9 Å². The standard InChI is InChI=1S/C21H16BrN3O3S/c22-16-10-12-17(13-11-16)29(27,28)24-23-20-18-8-4-5-9-19(18)25(21(20)26)14-15-6-2-1-3-7-15/h1-13,26H,14H2. The first kappa shape index (κ1) is 19.4. The molecule has 146 valence electrons. The summed E-state index contributed by atoms with van der Waals surface area (Å²) in [7, 11) is -3.99. The minimum absolute atomic E-state index is 0.0250. The Balaban J connectivity index is 1.77. The fraction of sp³-hybridized carbons (Fsp3) is 0.0476. The summed E-state index contributed by atoms with van der Waals surface area (Å²) >= 11 is 3.27. The zero-order chi connectivity index (χ0) is 20.4. The van der Waals surface area contributed by atoms with Crippen molar-refractivity contribution in [2.75, 3.05) is 0 Å². The number of para-hydroxylation sites is 1. The normalized spacial score (nSPS) is 12.0. The number of nitrogens with zero attached hydrogens (tertiary/aromatic N) is 3. The number of rotatable bonds is 5. The second kappa shape index (κ2) is 7.81. The number of halogens is 1. The molecule has 0 saturated heterocycles. The fourth-order valence-electron chi connectivity index (χ4n) is 3.04. The quantitative estimate of drug-likeness (QED) is 0.384. The largest absolute Gasteiger partial charge is 0.493 e. The first-order valence-electron chi connectivity index (χ1n) is 8.73. The van der Waals surface area contributed by atoms with Crippen LogP contribution in [0.1, 0.15) is 5.56 Å². The lowest BCUT2D eigenvalue weighted by Crippen LogP contribution is -1.98. The Morgan fingerprint density at radius 3 is 2.28 bits per heavy atom. The van der Waals surface area contributed by atoms with E-state index in [0.717, 1.165) is 15.6 Å². The van der Waals surface area contributed by atoms with E-state index in [-0.39, 0.29) is 16.5 Å². The smallest absolute Gasteiger partial charge is 0.299 e. The van der Waals surface area contributed by atoms with Gasteiger partial charge in [-0.05, 0) is 35.9 Å². The summed E-state index contributed by atoms with van der Waals surface area (Å²) in [4.78, 5) is 0.0250. The summed E-state index contributed by atoms with van der Waals surface area (Å²) in [5, 5.41) is 15.3. The molecule has 0 aliphatic rings. The van der Waals surface area contributed by atoms with Crippen molar-refractivity contribution in [3.63, 3.8) is 0 Å². The summed E-state index contributed by atoms with van der Waals surface area (Å²) < 4.78 is 31.0. The van der Waals surface area contributed by atoms with E-state index in [4.69, 9.17) is 0 Å². The van der Waals surface area contributed by atoms with Gasteiger partial charge >= 0.3 is 0 Å². The highest BCUT2D eigenvalue weighted by Gasteiger charge is 2.19. The number of fused-ring (bicyclic) bond motifs is 1. The fourth-order valence-corrected chi connectivity index (χ4v) is 4.07. The molecule has 0 amide bonds. The molecule has 1 N–H and O–H groups in total. The third-order valence-electron chi connectivity index (χ3n) is 4.46. The molecule has 1 aromatic heterocycles. The van der Waals surface area contributed by atoms with Gasteiger partial charge in [-0.2, -0.15) is 8.42 Å². The molecule has 0 aliphatic heterocycles. The molecule has 0 unspecified atom stereocenters. The van der Waals surface area contributed by atoms with Crippen molar-refractivity contribution in [2.45, 2.75) is 11.4 Å². The van der Waals surface area contributed by atoms with Gasteiger partial charge in [0.05, 0.1) is 17.0 Å². The number of aromatic hydroxyl groups is 1. The van der Waals surface area contributed by atoms with Gasteiger partial charge in [-0.1, -0.05) is 69.0 Å². The van der Waals surface area contributed by atoms with Gasteiger partial charge in [0.2, 0.25) is 5.88 Å². The Kier molecular flexibility index (Phi) is 5.21. The molecule has 0 saturated carbocycles. The first-order valence-corrected chi connectivity index (χ1v) is 11.0.